The molecular formula is C16H23ClN2O5S. The second-order valence-corrected chi connectivity index (χ2v) is 8.51. The highest BCUT2D eigenvalue weighted by Crippen LogP contribution is 2.16. The predicted octanol–water partition coefficient (Wildman–Crippen LogP) is 1.27. The highest BCUT2D eigenvalue weighted by Gasteiger charge is 2.30. The highest BCUT2D eigenvalue weighted by molar-refractivity contribution is 7.89. The van der Waals surface area contributed by atoms with Crippen LogP contribution in [-0.4, -0.2) is 62.8 Å². The average Bonchev–Trinajstić information content (AvgIpc) is 2.53. The Hall–Kier alpha value is -1.35. The van der Waals surface area contributed by atoms with Crippen molar-refractivity contribution in [2.24, 2.45) is 0 Å². The average molecular weight is 391 g/mol. The molecule has 1 fully saturated rings. The molecule has 2 rings (SSSR count). The lowest BCUT2D eigenvalue weighted by molar-refractivity contribution is -0.122. The van der Waals surface area contributed by atoms with Crippen molar-refractivity contribution in [1.29, 1.82) is 0 Å². The van der Waals surface area contributed by atoms with Gasteiger partial charge in [-0.25, -0.2) is 8.42 Å². The Kier molecular flexibility index (Phi) is 7.06. The van der Waals surface area contributed by atoms with Gasteiger partial charge in [0.25, 0.3) is 5.91 Å². The summed E-state index contributed by atoms with van der Waals surface area (Å²) in [6.45, 7) is 4.20. The second kappa shape index (κ2) is 8.84. The smallest absolute Gasteiger partial charge is 0.257 e. The number of nitrogens with one attached hydrogen (secondary N) is 1. The minimum absolute atomic E-state index is 0.0330. The number of hydrogen-bond donors (Lipinski definition) is 1. The molecule has 1 amide bonds. The summed E-state index contributed by atoms with van der Waals surface area (Å²) in [6.07, 6.45) is -0.276. The van der Waals surface area contributed by atoms with Crippen LogP contribution in [0.4, 0.5) is 0 Å². The fourth-order valence-corrected chi connectivity index (χ4v) is 4.16. The molecule has 2 unspecified atom stereocenters. The molecule has 7 nitrogen and oxygen atoms in total. The van der Waals surface area contributed by atoms with Gasteiger partial charge in [0.2, 0.25) is 10.0 Å². The summed E-state index contributed by atoms with van der Waals surface area (Å²) in [6, 6.07) is 6.62. The van der Waals surface area contributed by atoms with Crippen molar-refractivity contribution in [3.8, 4) is 5.75 Å². The van der Waals surface area contributed by atoms with Crippen molar-refractivity contribution < 1.29 is 22.7 Å². The molecule has 1 aromatic rings. The van der Waals surface area contributed by atoms with Gasteiger partial charge in [0, 0.05) is 24.7 Å². The first-order valence-corrected chi connectivity index (χ1v) is 10.0. The number of rotatable bonds is 7. The quantitative estimate of drug-likeness (QED) is 0.758. The topological polar surface area (TPSA) is 84.9 Å². The summed E-state index contributed by atoms with van der Waals surface area (Å²) in [7, 11) is -3.43. The van der Waals surface area contributed by atoms with Gasteiger partial charge in [-0.3, -0.25) is 4.79 Å². The van der Waals surface area contributed by atoms with E-state index < -0.39 is 10.0 Å². The summed E-state index contributed by atoms with van der Waals surface area (Å²) in [5, 5.41) is 3.13. The number of hydrogen-bond acceptors (Lipinski definition) is 5. The van der Waals surface area contributed by atoms with Gasteiger partial charge < -0.3 is 14.8 Å². The maximum absolute atomic E-state index is 12.3. The third-order valence-electron chi connectivity index (χ3n) is 3.65. The Morgan fingerprint density at radius 2 is 1.88 bits per heavy atom. The molecule has 0 radical (unpaired) electrons. The molecule has 25 heavy (non-hydrogen) atoms. The van der Waals surface area contributed by atoms with E-state index in [1.807, 2.05) is 13.8 Å². The lowest BCUT2D eigenvalue weighted by Gasteiger charge is -2.34. The SMILES string of the molecule is CC1CN(S(=O)(=O)CCNC(=O)COc2ccc(Cl)cc2)CC(C)O1. The monoisotopic (exact) mass is 390 g/mol. The Morgan fingerprint density at radius 3 is 2.48 bits per heavy atom. The molecule has 1 aliphatic rings. The molecule has 1 N–H and O–H groups in total. The molecular weight excluding hydrogens is 368 g/mol. The molecule has 0 spiro atoms. The molecule has 140 valence electrons. The summed E-state index contributed by atoms with van der Waals surface area (Å²) in [5.41, 5.74) is 0. The van der Waals surface area contributed by atoms with Crippen molar-refractivity contribution in [1.82, 2.24) is 9.62 Å². The van der Waals surface area contributed by atoms with Crippen LogP contribution in [0.15, 0.2) is 24.3 Å². The molecule has 1 saturated heterocycles. The first-order valence-electron chi connectivity index (χ1n) is 8.04. The molecule has 1 aliphatic heterocycles. The van der Waals surface area contributed by atoms with E-state index in [0.29, 0.717) is 23.9 Å². The summed E-state index contributed by atoms with van der Waals surface area (Å²) >= 11 is 5.76. The van der Waals surface area contributed by atoms with Crippen LogP contribution >= 0.6 is 11.6 Å². The van der Waals surface area contributed by atoms with Gasteiger partial charge in [0.05, 0.1) is 18.0 Å². The highest BCUT2D eigenvalue weighted by atomic mass is 35.5. The number of carbonyl (C=O) groups excluding carboxylic acids is 1. The summed E-state index contributed by atoms with van der Waals surface area (Å²) in [4.78, 5) is 11.8. The van der Waals surface area contributed by atoms with E-state index in [1.165, 1.54) is 4.31 Å². The van der Waals surface area contributed by atoms with Crippen LogP contribution in [0.2, 0.25) is 5.02 Å². The van der Waals surface area contributed by atoms with E-state index in [0.717, 1.165) is 0 Å². The Morgan fingerprint density at radius 1 is 1.28 bits per heavy atom. The number of carbonyl (C=O) groups is 1. The lowest BCUT2D eigenvalue weighted by Crippen LogP contribution is -2.49. The van der Waals surface area contributed by atoms with E-state index in [9.17, 15) is 13.2 Å². The zero-order valence-electron chi connectivity index (χ0n) is 14.3. The van der Waals surface area contributed by atoms with E-state index in [-0.39, 0.29) is 37.0 Å². The maximum atomic E-state index is 12.3. The molecule has 2 atom stereocenters. The number of benzene rings is 1. The van der Waals surface area contributed by atoms with E-state index >= 15 is 0 Å². The first kappa shape index (κ1) is 20.0. The Balaban J connectivity index is 1.73. The zero-order valence-corrected chi connectivity index (χ0v) is 15.8. The fraction of sp³-hybridized carbons (Fsp3) is 0.562. The third kappa shape index (κ3) is 6.47. The Bertz CT molecular complexity index is 670. The number of sulfonamides is 1. The van der Waals surface area contributed by atoms with E-state index in [2.05, 4.69) is 5.32 Å². The van der Waals surface area contributed by atoms with Gasteiger partial charge in [-0.2, -0.15) is 4.31 Å². The minimum Gasteiger partial charge on any atom is -0.484 e. The van der Waals surface area contributed by atoms with Gasteiger partial charge in [0.1, 0.15) is 5.75 Å². The molecule has 0 aliphatic carbocycles. The molecule has 0 bridgehead atoms. The van der Waals surface area contributed by atoms with Crippen LogP contribution in [0, 0.1) is 0 Å². The van der Waals surface area contributed by atoms with Crippen LogP contribution in [0.25, 0.3) is 0 Å². The van der Waals surface area contributed by atoms with Crippen molar-refractivity contribution in [3.63, 3.8) is 0 Å². The largest absolute Gasteiger partial charge is 0.484 e. The van der Waals surface area contributed by atoms with Gasteiger partial charge in [-0.05, 0) is 38.1 Å². The number of nitrogens with zero attached hydrogens (tertiary/aromatic N) is 1. The van der Waals surface area contributed by atoms with E-state index in [4.69, 9.17) is 21.1 Å². The van der Waals surface area contributed by atoms with Crippen LogP contribution in [0.5, 0.6) is 5.75 Å². The van der Waals surface area contributed by atoms with Crippen molar-refractivity contribution >= 4 is 27.5 Å². The Labute approximate surface area is 153 Å². The lowest BCUT2D eigenvalue weighted by atomic mass is 10.3. The van der Waals surface area contributed by atoms with Gasteiger partial charge in [0.15, 0.2) is 6.61 Å². The minimum atomic E-state index is -3.43. The molecule has 1 heterocycles. The molecule has 9 heteroatoms. The van der Waals surface area contributed by atoms with Crippen LogP contribution in [0.1, 0.15) is 13.8 Å². The number of ether oxygens (including phenoxy) is 2. The maximum Gasteiger partial charge on any atom is 0.257 e. The van der Waals surface area contributed by atoms with Gasteiger partial charge in [-0.15, -0.1) is 0 Å². The first-order chi connectivity index (χ1) is 11.8. The number of morpholine rings is 1. The predicted molar refractivity (Wildman–Crippen MR) is 95.3 cm³/mol. The van der Waals surface area contributed by atoms with Crippen LogP contribution in [-0.2, 0) is 19.6 Å². The molecule has 0 aromatic heterocycles. The van der Waals surface area contributed by atoms with Crippen molar-refractivity contribution in [3.05, 3.63) is 29.3 Å². The van der Waals surface area contributed by atoms with E-state index in [1.54, 1.807) is 24.3 Å². The second-order valence-electron chi connectivity index (χ2n) is 5.98. The van der Waals surface area contributed by atoms with Crippen molar-refractivity contribution in [2.45, 2.75) is 26.1 Å². The zero-order chi connectivity index (χ0) is 18.4. The van der Waals surface area contributed by atoms with Crippen molar-refractivity contribution in [2.75, 3.05) is 32.0 Å². The van der Waals surface area contributed by atoms with Gasteiger partial charge in [-0.1, -0.05) is 11.6 Å². The summed E-state index contributed by atoms with van der Waals surface area (Å²) in [5.74, 6) is -0.0172. The van der Waals surface area contributed by atoms with Crippen LogP contribution in [0.3, 0.4) is 0 Å². The van der Waals surface area contributed by atoms with Crippen LogP contribution < -0.4 is 10.1 Å². The third-order valence-corrected chi connectivity index (χ3v) is 5.70. The number of halogens is 1. The van der Waals surface area contributed by atoms with Gasteiger partial charge >= 0.3 is 0 Å². The standard InChI is InChI=1S/C16H23ClN2O5S/c1-12-9-19(10-13(2)24-12)25(21,22)8-7-18-16(20)11-23-15-5-3-14(17)4-6-15/h3-6,12-13H,7-11H2,1-2H3,(H,18,20). The fourth-order valence-electron chi connectivity index (χ4n) is 2.54. The molecule has 0 saturated carbocycles. The molecule has 1 aromatic carbocycles. The normalized spacial score (nSPS) is 21.7. The number of amides is 1. The summed E-state index contributed by atoms with van der Waals surface area (Å²) < 4.78 is 36.9.